The van der Waals surface area contributed by atoms with E-state index in [1.165, 1.54) is 18.4 Å². The highest BCUT2D eigenvalue weighted by Gasteiger charge is 2.26. The number of carbonyl (C=O) groups excluding carboxylic acids is 1. The number of piperidine rings is 1. The van der Waals surface area contributed by atoms with Crippen molar-refractivity contribution in [1.29, 1.82) is 0 Å². The molecule has 0 spiro atoms. The summed E-state index contributed by atoms with van der Waals surface area (Å²) in [5.74, 6) is 1.48. The highest BCUT2D eigenvalue weighted by Crippen LogP contribution is 2.39. The van der Waals surface area contributed by atoms with E-state index in [0.717, 1.165) is 31.9 Å². The van der Waals surface area contributed by atoms with Gasteiger partial charge in [0.15, 0.2) is 0 Å². The van der Waals surface area contributed by atoms with Gasteiger partial charge in [0.1, 0.15) is 5.60 Å². The van der Waals surface area contributed by atoms with Crippen molar-refractivity contribution in [2.45, 2.75) is 64.0 Å². The first-order valence-corrected chi connectivity index (χ1v) is 8.47. The molecule has 0 bridgehead atoms. The first-order chi connectivity index (χ1) is 10.9. The Morgan fingerprint density at radius 3 is 2.30 bits per heavy atom. The Morgan fingerprint density at radius 2 is 1.78 bits per heavy atom. The van der Waals surface area contributed by atoms with Crippen LogP contribution in [-0.2, 0) is 4.74 Å². The van der Waals surface area contributed by atoms with E-state index in [4.69, 9.17) is 4.74 Å². The molecule has 2 heterocycles. The number of carbonyl (C=O) groups is 1. The minimum atomic E-state index is -0.456. The SMILES string of the molecule is CC(C)(C)OC(=O)NC1CCN(c2ncc(C3CC3)cn2)CC1. The number of nitrogens with one attached hydrogen (secondary N) is 1. The van der Waals surface area contributed by atoms with Gasteiger partial charge in [0, 0.05) is 31.5 Å². The first-order valence-electron chi connectivity index (χ1n) is 8.47. The molecule has 1 aliphatic carbocycles. The van der Waals surface area contributed by atoms with Gasteiger partial charge in [-0.25, -0.2) is 14.8 Å². The third kappa shape index (κ3) is 4.56. The van der Waals surface area contributed by atoms with Crippen LogP contribution in [0.3, 0.4) is 0 Å². The molecule has 0 aromatic carbocycles. The molecule has 6 heteroatoms. The molecule has 1 aromatic rings. The predicted octanol–water partition coefficient (Wildman–Crippen LogP) is 2.85. The summed E-state index contributed by atoms with van der Waals surface area (Å²) < 4.78 is 5.31. The summed E-state index contributed by atoms with van der Waals surface area (Å²) >= 11 is 0. The Balaban J connectivity index is 1.47. The van der Waals surface area contributed by atoms with Crippen molar-refractivity contribution in [3.63, 3.8) is 0 Å². The molecule has 1 aromatic heterocycles. The van der Waals surface area contributed by atoms with Crippen molar-refractivity contribution in [3.05, 3.63) is 18.0 Å². The fourth-order valence-electron chi connectivity index (χ4n) is 2.82. The van der Waals surface area contributed by atoms with Gasteiger partial charge in [-0.3, -0.25) is 0 Å². The Labute approximate surface area is 137 Å². The normalized spacial score (nSPS) is 19.5. The smallest absolute Gasteiger partial charge is 0.407 e. The topological polar surface area (TPSA) is 67.3 Å². The number of anilines is 1. The zero-order valence-corrected chi connectivity index (χ0v) is 14.2. The number of amides is 1. The number of ether oxygens (including phenoxy) is 1. The maximum atomic E-state index is 11.8. The molecule has 1 amide bonds. The van der Waals surface area contributed by atoms with E-state index in [0.29, 0.717) is 5.92 Å². The monoisotopic (exact) mass is 318 g/mol. The minimum Gasteiger partial charge on any atom is -0.444 e. The van der Waals surface area contributed by atoms with E-state index in [-0.39, 0.29) is 12.1 Å². The quantitative estimate of drug-likeness (QED) is 0.928. The summed E-state index contributed by atoms with van der Waals surface area (Å²) in [7, 11) is 0. The van der Waals surface area contributed by atoms with E-state index < -0.39 is 5.60 Å². The number of nitrogens with zero attached hydrogens (tertiary/aromatic N) is 3. The molecule has 2 aliphatic rings. The average molecular weight is 318 g/mol. The molecular formula is C17H26N4O2. The summed E-state index contributed by atoms with van der Waals surface area (Å²) in [5.41, 5.74) is 0.803. The lowest BCUT2D eigenvalue weighted by Gasteiger charge is -2.32. The van der Waals surface area contributed by atoms with Gasteiger partial charge in [0.05, 0.1) is 0 Å². The number of aromatic nitrogens is 2. The average Bonchev–Trinajstić information content (AvgIpc) is 3.31. The molecule has 0 radical (unpaired) electrons. The predicted molar refractivity (Wildman–Crippen MR) is 88.6 cm³/mol. The van der Waals surface area contributed by atoms with Crippen molar-refractivity contribution in [2.24, 2.45) is 0 Å². The van der Waals surface area contributed by atoms with Crippen LogP contribution in [0.4, 0.5) is 10.7 Å². The lowest BCUT2D eigenvalue weighted by molar-refractivity contribution is 0.0497. The maximum Gasteiger partial charge on any atom is 0.407 e. The van der Waals surface area contributed by atoms with Gasteiger partial charge in [-0.2, -0.15) is 0 Å². The summed E-state index contributed by atoms with van der Waals surface area (Å²) in [5, 5.41) is 2.95. The van der Waals surface area contributed by atoms with Crippen molar-refractivity contribution in [3.8, 4) is 0 Å². The molecule has 23 heavy (non-hydrogen) atoms. The summed E-state index contributed by atoms with van der Waals surface area (Å²) in [6.07, 6.45) is 7.89. The highest BCUT2D eigenvalue weighted by molar-refractivity contribution is 5.68. The van der Waals surface area contributed by atoms with Crippen molar-refractivity contribution in [2.75, 3.05) is 18.0 Å². The summed E-state index contributed by atoms with van der Waals surface area (Å²) in [6, 6.07) is 0.159. The van der Waals surface area contributed by atoms with E-state index in [1.807, 2.05) is 33.2 Å². The lowest BCUT2D eigenvalue weighted by Crippen LogP contribution is -2.46. The van der Waals surface area contributed by atoms with E-state index in [2.05, 4.69) is 20.2 Å². The van der Waals surface area contributed by atoms with Crippen molar-refractivity contribution in [1.82, 2.24) is 15.3 Å². The van der Waals surface area contributed by atoms with Crippen LogP contribution in [0.25, 0.3) is 0 Å². The second kappa shape index (κ2) is 6.34. The van der Waals surface area contributed by atoms with Crippen LogP contribution >= 0.6 is 0 Å². The second-order valence-electron chi connectivity index (χ2n) is 7.50. The number of hydrogen-bond acceptors (Lipinski definition) is 5. The Hall–Kier alpha value is -1.85. The molecule has 3 rings (SSSR count). The van der Waals surface area contributed by atoms with Gasteiger partial charge in [0.25, 0.3) is 0 Å². The molecule has 0 unspecified atom stereocenters. The maximum absolute atomic E-state index is 11.8. The molecule has 1 saturated heterocycles. The molecule has 126 valence electrons. The van der Waals surface area contributed by atoms with Gasteiger partial charge in [0.2, 0.25) is 5.95 Å². The summed E-state index contributed by atoms with van der Waals surface area (Å²) in [4.78, 5) is 23.0. The van der Waals surface area contributed by atoms with Crippen molar-refractivity contribution >= 4 is 12.0 Å². The highest BCUT2D eigenvalue weighted by atomic mass is 16.6. The Kier molecular flexibility index (Phi) is 4.41. The largest absolute Gasteiger partial charge is 0.444 e. The van der Waals surface area contributed by atoms with E-state index >= 15 is 0 Å². The summed E-state index contributed by atoms with van der Waals surface area (Å²) in [6.45, 7) is 7.32. The standard InChI is InChI=1S/C17H26N4O2/c1-17(2,3)23-16(22)20-14-6-8-21(9-7-14)15-18-10-13(11-19-15)12-4-5-12/h10-12,14H,4-9H2,1-3H3,(H,20,22). The van der Waals surface area contributed by atoms with Crippen LogP contribution in [0.1, 0.15) is 57.9 Å². The van der Waals surface area contributed by atoms with Crippen LogP contribution in [0, 0.1) is 0 Å². The second-order valence-corrected chi connectivity index (χ2v) is 7.50. The van der Waals surface area contributed by atoms with Gasteiger partial charge < -0.3 is 15.0 Å². The molecule has 1 N–H and O–H groups in total. The fourth-order valence-corrected chi connectivity index (χ4v) is 2.82. The molecule has 0 atom stereocenters. The van der Waals surface area contributed by atoms with Crippen LogP contribution in [0.5, 0.6) is 0 Å². The van der Waals surface area contributed by atoms with Gasteiger partial charge in [-0.1, -0.05) is 0 Å². The number of rotatable bonds is 3. The van der Waals surface area contributed by atoms with E-state index in [9.17, 15) is 4.79 Å². The lowest BCUT2D eigenvalue weighted by atomic mass is 10.1. The third-order valence-electron chi connectivity index (χ3n) is 4.21. The van der Waals surface area contributed by atoms with Crippen LogP contribution < -0.4 is 10.2 Å². The van der Waals surface area contributed by atoms with Crippen LogP contribution in [-0.4, -0.2) is 40.8 Å². The van der Waals surface area contributed by atoms with Crippen LogP contribution in [0.2, 0.25) is 0 Å². The molecule has 6 nitrogen and oxygen atoms in total. The van der Waals surface area contributed by atoms with Gasteiger partial charge in [-0.05, 0) is 57.9 Å². The fraction of sp³-hybridized carbons (Fsp3) is 0.706. The number of alkyl carbamates (subject to hydrolysis) is 1. The first kappa shape index (κ1) is 16.0. The van der Waals surface area contributed by atoms with Crippen LogP contribution in [0.15, 0.2) is 12.4 Å². The zero-order valence-electron chi connectivity index (χ0n) is 14.2. The third-order valence-corrected chi connectivity index (χ3v) is 4.21. The van der Waals surface area contributed by atoms with Crippen molar-refractivity contribution < 1.29 is 9.53 Å². The Bertz CT molecular complexity index is 541. The molecule has 1 aliphatic heterocycles. The molecule has 2 fully saturated rings. The number of hydrogen-bond donors (Lipinski definition) is 1. The minimum absolute atomic E-state index is 0.159. The Morgan fingerprint density at radius 1 is 1.17 bits per heavy atom. The molecule has 1 saturated carbocycles. The van der Waals surface area contributed by atoms with E-state index in [1.54, 1.807) is 0 Å². The zero-order chi connectivity index (χ0) is 16.4. The van der Waals surface area contributed by atoms with Gasteiger partial charge >= 0.3 is 6.09 Å². The molecular weight excluding hydrogens is 292 g/mol. The van der Waals surface area contributed by atoms with Gasteiger partial charge in [-0.15, -0.1) is 0 Å².